The first kappa shape index (κ1) is 12.8. The monoisotopic (exact) mass is 216 g/mol. The van der Waals surface area contributed by atoms with Gasteiger partial charge in [-0.3, -0.25) is 0 Å². The van der Waals surface area contributed by atoms with Crippen LogP contribution in [0.25, 0.3) is 0 Å². The molecule has 1 unspecified atom stereocenters. The molecule has 0 spiro atoms. The van der Waals surface area contributed by atoms with Crippen molar-refractivity contribution in [2.75, 3.05) is 0 Å². The fourth-order valence-electron chi connectivity index (χ4n) is 1.59. The van der Waals surface area contributed by atoms with Gasteiger partial charge < -0.3 is 5.11 Å². The number of aliphatic hydroxyl groups is 1. The van der Waals surface area contributed by atoms with Gasteiger partial charge in [0.1, 0.15) is 0 Å². The lowest BCUT2D eigenvalue weighted by molar-refractivity contribution is 0.178. The second-order valence-electron chi connectivity index (χ2n) is 4.17. The van der Waals surface area contributed by atoms with E-state index >= 15 is 0 Å². The van der Waals surface area contributed by atoms with Gasteiger partial charge in [0, 0.05) is 6.42 Å². The average Bonchev–Trinajstić information content (AvgIpc) is 2.29. The van der Waals surface area contributed by atoms with Crippen LogP contribution in [0.3, 0.4) is 0 Å². The molecule has 0 bridgehead atoms. The highest BCUT2D eigenvalue weighted by Gasteiger charge is 2.06. The Balaban J connectivity index is 2.73. The molecule has 0 aliphatic rings. The van der Waals surface area contributed by atoms with Crippen molar-refractivity contribution in [2.45, 2.75) is 39.7 Å². The molecule has 0 aliphatic carbocycles. The van der Waals surface area contributed by atoms with Crippen LogP contribution in [0.5, 0.6) is 0 Å². The predicted octanol–water partition coefficient (Wildman–Crippen LogP) is 4.01. The van der Waals surface area contributed by atoms with Gasteiger partial charge in [-0.1, -0.05) is 37.3 Å². The lowest BCUT2D eigenvalue weighted by atomic mass is 10.0. The molecule has 1 atom stereocenters. The first-order valence-electron chi connectivity index (χ1n) is 5.78. The lowest BCUT2D eigenvalue weighted by Gasteiger charge is -2.09. The van der Waals surface area contributed by atoms with Crippen molar-refractivity contribution < 1.29 is 5.11 Å². The first-order chi connectivity index (χ1) is 7.63. The van der Waals surface area contributed by atoms with Crippen LogP contribution < -0.4 is 0 Å². The van der Waals surface area contributed by atoms with Crippen LogP contribution in [-0.4, -0.2) is 5.11 Å². The third kappa shape index (κ3) is 4.06. The molecule has 1 rings (SSSR count). The van der Waals surface area contributed by atoms with Crippen molar-refractivity contribution in [1.29, 1.82) is 0 Å². The second-order valence-corrected chi connectivity index (χ2v) is 4.17. The molecule has 0 aliphatic heterocycles. The number of aliphatic hydroxyl groups excluding tert-OH is 1. The van der Waals surface area contributed by atoms with E-state index in [1.54, 1.807) is 0 Å². The van der Waals surface area contributed by atoms with E-state index in [1.807, 2.05) is 37.3 Å². The maximum atomic E-state index is 10.0. The van der Waals surface area contributed by atoms with E-state index in [2.05, 4.69) is 19.6 Å². The van der Waals surface area contributed by atoms with Gasteiger partial charge in [0.15, 0.2) is 0 Å². The molecule has 1 aromatic carbocycles. The number of hydrogen-bond acceptors (Lipinski definition) is 1. The van der Waals surface area contributed by atoms with Crippen LogP contribution in [0, 0.1) is 0 Å². The van der Waals surface area contributed by atoms with Crippen LogP contribution in [0.4, 0.5) is 0 Å². The maximum absolute atomic E-state index is 10.0. The van der Waals surface area contributed by atoms with Crippen LogP contribution in [-0.2, 0) is 0 Å². The third-order valence-corrected chi connectivity index (χ3v) is 2.64. The van der Waals surface area contributed by atoms with E-state index in [1.165, 1.54) is 5.57 Å². The summed E-state index contributed by atoms with van der Waals surface area (Å²) in [6.45, 7) is 6.20. The van der Waals surface area contributed by atoms with Gasteiger partial charge in [-0.25, -0.2) is 0 Å². The maximum Gasteiger partial charge on any atom is 0.0833 e. The van der Waals surface area contributed by atoms with E-state index in [0.717, 1.165) is 17.6 Å². The molecule has 86 valence electrons. The molecular weight excluding hydrogens is 196 g/mol. The molecule has 0 saturated heterocycles. The second kappa shape index (κ2) is 6.32. The Morgan fingerprint density at radius 1 is 1.19 bits per heavy atom. The Morgan fingerprint density at radius 3 is 2.38 bits per heavy atom. The minimum atomic E-state index is -0.418. The van der Waals surface area contributed by atoms with Crippen molar-refractivity contribution in [3.8, 4) is 0 Å². The van der Waals surface area contributed by atoms with Crippen molar-refractivity contribution in [1.82, 2.24) is 0 Å². The summed E-state index contributed by atoms with van der Waals surface area (Å²) < 4.78 is 0. The van der Waals surface area contributed by atoms with E-state index in [0.29, 0.717) is 6.42 Å². The zero-order valence-electron chi connectivity index (χ0n) is 10.3. The summed E-state index contributed by atoms with van der Waals surface area (Å²) in [4.78, 5) is 0. The van der Waals surface area contributed by atoms with Gasteiger partial charge in [0.2, 0.25) is 0 Å². The topological polar surface area (TPSA) is 20.2 Å². The van der Waals surface area contributed by atoms with E-state index < -0.39 is 6.10 Å². The number of rotatable bonds is 4. The Kier molecular flexibility index (Phi) is 5.04. The molecule has 0 heterocycles. The standard InChI is InChI=1S/C15H20O/c1-4-12(2)10-13(3)11-15(16)14-8-6-5-7-9-14/h5-9,15-16H,4,11H2,1-3H3. The van der Waals surface area contributed by atoms with Crippen molar-refractivity contribution >= 4 is 0 Å². The van der Waals surface area contributed by atoms with Crippen molar-refractivity contribution in [3.05, 3.63) is 52.8 Å². The molecule has 1 aromatic rings. The highest BCUT2D eigenvalue weighted by Crippen LogP contribution is 2.20. The van der Waals surface area contributed by atoms with Gasteiger partial charge in [-0.15, -0.1) is 5.73 Å². The molecule has 0 aromatic heterocycles. The van der Waals surface area contributed by atoms with Crippen molar-refractivity contribution in [2.24, 2.45) is 0 Å². The molecule has 16 heavy (non-hydrogen) atoms. The smallest absolute Gasteiger partial charge is 0.0833 e. The fourth-order valence-corrected chi connectivity index (χ4v) is 1.59. The molecule has 1 nitrogen and oxygen atoms in total. The van der Waals surface area contributed by atoms with Gasteiger partial charge in [0.25, 0.3) is 0 Å². The van der Waals surface area contributed by atoms with Gasteiger partial charge in [0.05, 0.1) is 6.10 Å². The summed E-state index contributed by atoms with van der Waals surface area (Å²) >= 11 is 0. The molecule has 0 radical (unpaired) electrons. The summed E-state index contributed by atoms with van der Waals surface area (Å²) in [6.07, 6.45) is 1.25. The predicted molar refractivity (Wildman–Crippen MR) is 68.2 cm³/mol. The van der Waals surface area contributed by atoms with Crippen LogP contribution in [0.1, 0.15) is 45.3 Å². The van der Waals surface area contributed by atoms with Crippen molar-refractivity contribution in [3.63, 3.8) is 0 Å². The zero-order chi connectivity index (χ0) is 12.0. The summed E-state index contributed by atoms with van der Waals surface area (Å²) in [5, 5.41) is 10.0. The van der Waals surface area contributed by atoms with Crippen LogP contribution in [0.2, 0.25) is 0 Å². The van der Waals surface area contributed by atoms with Crippen LogP contribution in [0.15, 0.2) is 47.2 Å². The van der Waals surface area contributed by atoms with E-state index in [4.69, 9.17) is 0 Å². The first-order valence-corrected chi connectivity index (χ1v) is 5.78. The normalized spacial score (nSPS) is 11.8. The van der Waals surface area contributed by atoms with E-state index in [-0.39, 0.29) is 0 Å². The molecule has 0 amide bonds. The fraction of sp³-hybridized carbons (Fsp3) is 0.400. The van der Waals surface area contributed by atoms with Crippen LogP contribution >= 0.6 is 0 Å². The summed E-state index contributed by atoms with van der Waals surface area (Å²) in [6, 6.07) is 9.76. The summed E-state index contributed by atoms with van der Waals surface area (Å²) in [7, 11) is 0. The molecule has 1 heteroatoms. The number of hydrogen-bond donors (Lipinski definition) is 1. The third-order valence-electron chi connectivity index (χ3n) is 2.64. The van der Waals surface area contributed by atoms with E-state index in [9.17, 15) is 5.11 Å². The molecule has 1 N–H and O–H groups in total. The average molecular weight is 216 g/mol. The van der Waals surface area contributed by atoms with Gasteiger partial charge in [-0.05, 0) is 37.0 Å². The highest BCUT2D eigenvalue weighted by molar-refractivity contribution is 5.19. The minimum absolute atomic E-state index is 0.418. The Hall–Kier alpha value is -1.30. The quantitative estimate of drug-likeness (QED) is 0.754. The lowest BCUT2D eigenvalue weighted by Crippen LogP contribution is -1.97. The zero-order valence-corrected chi connectivity index (χ0v) is 10.3. The molecule has 0 fully saturated rings. The summed E-state index contributed by atoms with van der Waals surface area (Å²) in [5.74, 6) is 0. The minimum Gasteiger partial charge on any atom is -0.388 e. The highest BCUT2D eigenvalue weighted by atomic mass is 16.3. The Bertz CT molecular complexity index is 383. The van der Waals surface area contributed by atoms with Gasteiger partial charge in [-0.2, -0.15) is 0 Å². The van der Waals surface area contributed by atoms with Gasteiger partial charge >= 0.3 is 0 Å². The molecule has 0 saturated carbocycles. The summed E-state index contributed by atoms with van der Waals surface area (Å²) in [5.41, 5.74) is 6.61. The molecular formula is C15H20O. The Labute approximate surface area is 98.1 Å². The SMILES string of the molecule is CCC(C)=C=C(C)CC(O)c1ccccc1. The number of benzene rings is 1. The largest absolute Gasteiger partial charge is 0.388 e. The Morgan fingerprint density at radius 2 is 1.81 bits per heavy atom.